The highest BCUT2D eigenvalue weighted by Crippen LogP contribution is 2.28. The second kappa shape index (κ2) is 9.96. The summed E-state index contributed by atoms with van der Waals surface area (Å²) in [6.07, 6.45) is 3.45. The summed E-state index contributed by atoms with van der Waals surface area (Å²) in [6.45, 7) is 12.2. The van der Waals surface area contributed by atoms with Crippen molar-refractivity contribution in [1.82, 2.24) is 19.8 Å². The number of nitrogens with one attached hydrogen (secondary N) is 1. The van der Waals surface area contributed by atoms with Gasteiger partial charge >= 0.3 is 0 Å². The van der Waals surface area contributed by atoms with Gasteiger partial charge in [0.25, 0.3) is 0 Å². The summed E-state index contributed by atoms with van der Waals surface area (Å²) in [5, 5.41) is 3.40. The number of ether oxygens (including phenoxy) is 1. The first-order chi connectivity index (χ1) is 15.4. The second-order valence-electron chi connectivity index (χ2n) is 9.26. The van der Waals surface area contributed by atoms with E-state index in [0.717, 1.165) is 54.4 Å². The van der Waals surface area contributed by atoms with E-state index in [2.05, 4.69) is 29.0 Å². The molecule has 1 atom stereocenters. The predicted molar refractivity (Wildman–Crippen MR) is 126 cm³/mol. The smallest absolute Gasteiger partial charge is 0.225 e. The molecule has 0 bridgehead atoms. The van der Waals surface area contributed by atoms with Crippen LogP contribution in [0.3, 0.4) is 0 Å². The van der Waals surface area contributed by atoms with Crippen LogP contribution in [0.4, 0.5) is 11.5 Å². The Hall–Kier alpha value is -2.51. The van der Waals surface area contributed by atoms with Crippen LogP contribution in [0.1, 0.15) is 49.7 Å². The Morgan fingerprint density at radius 3 is 2.69 bits per heavy atom. The van der Waals surface area contributed by atoms with E-state index in [0.29, 0.717) is 25.7 Å². The van der Waals surface area contributed by atoms with Gasteiger partial charge in [-0.15, -0.1) is 0 Å². The zero-order valence-corrected chi connectivity index (χ0v) is 19.7. The molecule has 0 aromatic carbocycles. The number of pyridine rings is 2. The number of morpholine rings is 1. The van der Waals surface area contributed by atoms with E-state index in [1.807, 2.05) is 43.0 Å². The van der Waals surface area contributed by atoms with Crippen LogP contribution >= 0.6 is 0 Å². The minimum absolute atomic E-state index is 0.124. The monoisotopic (exact) mass is 437 g/mol. The second-order valence-corrected chi connectivity index (χ2v) is 9.26. The third-order valence-corrected chi connectivity index (χ3v) is 6.56. The molecular weight excluding hydrogens is 402 g/mol. The zero-order chi connectivity index (χ0) is 22.7. The maximum absolute atomic E-state index is 13.2. The quantitative estimate of drug-likeness (QED) is 0.766. The van der Waals surface area contributed by atoms with Crippen molar-refractivity contribution in [2.45, 2.75) is 52.7 Å². The molecule has 0 radical (unpaired) electrons. The van der Waals surface area contributed by atoms with Gasteiger partial charge in [0, 0.05) is 36.1 Å². The van der Waals surface area contributed by atoms with Crippen LogP contribution in [0.2, 0.25) is 0 Å². The summed E-state index contributed by atoms with van der Waals surface area (Å²) >= 11 is 0. The van der Waals surface area contributed by atoms with E-state index in [1.54, 1.807) is 6.20 Å². The van der Waals surface area contributed by atoms with Crippen molar-refractivity contribution in [1.29, 1.82) is 0 Å². The normalized spacial score (nSPS) is 20.5. The molecule has 4 rings (SSSR count). The molecule has 2 aliphatic heterocycles. The van der Waals surface area contributed by atoms with E-state index in [9.17, 15) is 4.79 Å². The summed E-state index contributed by atoms with van der Waals surface area (Å²) in [5.74, 6) is 1.23. The molecule has 0 unspecified atom stereocenters. The van der Waals surface area contributed by atoms with Gasteiger partial charge in [-0.2, -0.15) is 0 Å². The molecule has 2 saturated heterocycles. The number of carbonyl (C=O) groups excluding carboxylic acids is 1. The Morgan fingerprint density at radius 2 is 1.97 bits per heavy atom. The van der Waals surface area contributed by atoms with E-state index >= 15 is 0 Å². The van der Waals surface area contributed by atoms with Gasteiger partial charge in [0.05, 0.1) is 18.8 Å². The lowest BCUT2D eigenvalue weighted by Gasteiger charge is -2.38. The Morgan fingerprint density at radius 1 is 1.19 bits per heavy atom. The average Bonchev–Trinajstić information content (AvgIpc) is 2.80. The Balaban J connectivity index is 1.43. The van der Waals surface area contributed by atoms with Crippen molar-refractivity contribution in [2.75, 3.05) is 38.1 Å². The number of nitrogens with zero attached hydrogens (tertiary/aromatic N) is 4. The van der Waals surface area contributed by atoms with E-state index in [4.69, 9.17) is 9.72 Å². The highest BCUT2D eigenvalue weighted by molar-refractivity contribution is 5.79. The molecule has 0 saturated carbocycles. The lowest BCUT2D eigenvalue weighted by Crippen LogP contribution is -2.48. The van der Waals surface area contributed by atoms with Gasteiger partial charge < -0.3 is 19.9 Å². The Bertz CT molecular complexity index is 940. The van der Waals surface area contributed by atoms with Gasteiger partial charge in [0.15, 0.2) is 0 Å². The first-order valence-electron chi connectivity index (χ1n) is 11.7. The van der Waals surface area contributed by atoms with Crippen LogP contribution < -0.4 is 5.32 Å². The topological polar surface area (TPSA) is 70.6 Å². The van der Waals surface area contributed by atoms with Crippen LogP contribution in [0.25, 0.3) is 0 Å². The van der Waals surface area contributed by atoms with Crippen LogP contribution in [-0.2, 0) is 9.53 Å². The number of hydrogen-bond acceptors (Lipinski definition) is 6. The molecular formula is C25H35N5O2. The third kappa shape index (κ3) is 5.27. The molecule has 2 aliphatic rings. The maximum atomic E-state index is 13.2. The Kier molecular flexibility index (Phi) is 7.06. The Labute approximate surface area is 191 Å². The number of piperidine rings is 1. The zero-order valence-electron chi connectivity index (χ0n) is 19.7. The largest absolute Gasteiger partial charge is 0.368 e. The van der Waals surface area contributed by atoms with Crippen molar-refractivity contribution in [2.24, 2.45) is 5.92 Å². The number of rotatable bonds is 5. The minimum atomic E-state index is -0.214. The minimum Gasteiger partial charge on any atom is -0.368 e. The number of likely N-dealkylation sites (tertiary alicyclic amines) is 1. The third-order valence-electron chi connectivity index (χ3n) is 6.56. The van der Waals surface area contributed by atoms with Crippen molar-refractivity contribution >= 4 is 17.4 Å². The molecule has 172 valence electrons. The fraction of sp³-hybridized carbons (Fsp3) is 0.560. The van der Waals surface area contributed by atoms with Crippen molar-refractivity contribution in [3.63, 3.8) is 0 Å². The number of aryl methyl sites for hydroxylation is 2. The van der Waals surface area contributed by atoms with Crippen LogP contribution in [0.5, 0.6) is 0 Å². The van der Waals surface area contributed by atoms with Gasteiger partial charge in [-0.25, -0.2) is 4.98 Å². The summed E-state index contributed by atoms with van der Waals surface area (Å²) in [5.41, 5.74) is 3.78. The van der Waals surface area contributed by atoms with Crippen LogP contribution in [0.15, 0.2) is 30.5 Å². The summed E-state index contributed by atoms with van der Waals surface area (Å²) in [7, 11) is 0. The molecule has 0 aliphatic carbocycles. The predicted octanol–water partition coefficient (Wildman–Crippen LogP) is 3.86. The molecule has 7 nitrogen and oxygen atoms in total. The number of amides is 1. The van der Waals surface area contributed by atoms with Crippen molar-refractivity contribution in [3.05, 3.63) is 47.4 Å². The summed E-state index contributed by atoms with van der Waals surface area (Å²) in [6, 6.07) is 8.53. The van der Waals surface area contributed by atoms with Crippen LogP contribution in [-0.4, -0.2) is 64.5 Å². The van der Waals surface area contributed by atoms with Gasteiger partial charge in [-0.05, 0) is 77.4 Å². The molecule has 0 spiro atoms. The van der Waals surface area contributed by atoms with E-state index in [1.165, 1.54) is 0 Å². The molecule has 1 amide bonds. The molecule has 1 N–H and O–H groups in total. The molecule has 4 heterocycles. The standard InChI is InChI=1S/C25H35N5O2/c1-17(2)29-10-7-20(8-11-29)25(31)30-12-13-32-23(16-30)22-15-21(14-19(4)27-22)28-24-18(3)6-5-9-26-24/h5-6,9,14-15,17,20,23H,7-8,10-13,16H2,1-4H3,(H,26,27,28)/t23-/m0/s1. The van der Waals surface area contributed by atoms with Gasteiger partial charge in [-0.3, -0.25) is 9.78 Å². The number of anilines is 2. The van der Waals surface area contributed by atoms with Gasteiger partial charge in [0.1, 0.15) is 11.9 Å². The molecule has 2 aromatic heterocycles. The first kappa shape index (κ1) is 22.7. The van der Waals surface area contributed by atoms with Gasteiger partial charge in [0.2, 0.25) is 5.91 Å². The molecule has 32 heavy (non-hydrogen) atoms. The first-order valence-corrected chi connectivity index (χ1v) is 11.7. The van der Waals surface area contributed by atoms with Gasteiger partial charge in [-0.1, -0.05) is 6.07 Å². The van der Waals surface area contributed by atoms with E-state index < -0.39 is 0 Å². The highest BCUT2D eigenvalue weighted by atomic mass is 16.5. The van der Waals surface area contributed by atoms with E-state index in [-0.39, 0.29) is 17.9 Å². The highest BCUT2D eigenvalue weighted by Gasteiger charge is 2.33. The lowest BCUT2D eigenvalue weighted by molar-refractivity contribution is -0.145. The summed E-state index contributed by atoms with van der Waals surface area (Å²) < 4.78 is 6.06. The molecule has 7 heteroatoms. The summed E-state index contributed by atoms with van der Waals surface area (Å²) in [4.78, 5) is 26.8. The fourth-order valence-corrected chi connectivity index (χ4v) is 4.63. The fourth-order valence-electron chi connectivity index (χ4n) is 4.63. The molecule has 2 fully saturated rings. The maximum Gasteiger partial charge on any atom is 0.225 e. The molecule has 2 aromatic rings. The van der Waals surface area contributed by atoms with Crippen molar-refractivity contribution < 1.29 is 9.53 Å². The number of carbonyl (C=O) groups is 1. The number of aromatic nitrogens is 2. The van der Waals surface area contributed by atoms with Crippen LogP contribution in [0, 0.1) is 19.8 Å². The SMILES string of the molecule is Cc1cc(Nc2ncccc2C)cc([C@@H]2CN(C(=O)C3CCN(C(C)C)CC3)CCO2)n1. The number of hydrogen-bond donors (Lipinski definition) is 1. The lowest BCUT2D eigenvalue weighted by atomic mass is 9.94. The van der Waals surface area contributed by atoms with Crippen molar-refractivity contribution in [3.8, 4) is 0 Å². The average molecular weight is 438 g/mol.